The lowest BCUT2D eigenvalue weighted by Gasteiger charge is -2.35. The van der Waals surface area contributed by atoms with Gasteiger partial charge in [-0.25, -0.2) is 4.79 Å². The zero-order chi connectivity index (χ0) is 29.3. The van der Waals surface area contributed by atoms with Gasteiger partial charge in [0.15, 0.2) is 0 Å². The highest BCUT2D eigenvalue weighted by Gasteiger charge is 2.38. The van der Waals surface area contributed by atoms with Gasteiger partial charge in [0.1, 0.15) is 17.7 Å². The second kappa shape index (κ2) is 14.0. The Labute approximate surface area is 237 Å². The van der Waals surface area contributed by atoms with Crippen LogP contribution in [0.25, 0.3) is 6.08 Å². The highest BCUT2D eigenvalue weighted by Crippen LogP contribution is 2.30. The van der Waals surface area contributed by atoms with Crippen LogP contribution in [0, 0.1) is 12.8 Å². The fourth-order valence-corrected chi connectivity index (χ4v) is 4.34. The minimum atomic E-state index is -1.06. The number of alkyl carbamates (subject to hydrolysis) is 1. The molecule has 0 aliphatic rings. The first-order valence-electron chi connectivity index (χ1n) is 13.0. The van der Waals surface area contributed by atoms with Crippen molar-refractivity contribution in [3.05, 3.63) is 83.4 Å². The number of nitrogens with zero attached hydrogens (tertiary/aromatic N) is 1. The summed E-state index contributed by atoms with van der Waals surface area (Å²) in [7, 11) is 0. The lowest BCUT2D eigenvalue weighted by molar-refractivity contribution is -0.141. The van der Waals surface area contributed by atoms with Gasteiger partial charge in [-0.1, -0.05) is 80.9 Å². The maximum absolute atomic E-state index is 14.2. The van der Waals surface area contributed by atoms with Gasteiger partial charge in [0, 0.05) is 6.54 Å². The molecule has 8 heteroatoms. The number of ether oxygens (including phenoxy) is 1. The average molecular weight is 554 g/mol. The van der Waals surface area contributed by atoms with E-state index in [-0.39, 0.29) is 12.5 Å². The Bertz CT molecular complexity index is 1180. The lowest BCUT2D eigenvalue weighted by atomic mass is 9.95. The molecule has 0 aliphatic heterocycles. The molecule has 3 unspecified atom stereocenters. The molecule has 0 aliphatic carbocycles. The van der Waals surface area contributed by atoms with E-state index < -0.39 is 35.6 Å². The van der Waals surface area contributed by atoms with Crippen molar-refractivity contribution in [3.8, 4) is 0 Å². The summed E-state index contributed by atoms with van der Waals surface area (Å²) in [6.07, 6.45) is 3.12. The molecule has 3 atom stereocenters. The molecule has 3 amide bonds. The monoisotopic (exact) mass is 553 g/mol. The lowest BCUT2D eigenvalue weighted by Crippen LogP contribution is -2.54. The summed E-state index contributed by atoms with van der Waals surface area (Å²) in [5, 5.41) is 6.05. The zero-order valence-electron chi connectivity index (χ0n) is 23.7. The Morgan fingerprint density at radius 3 is 2.36 bits per heavy atom. The first-order valence-corrected chi connectivity index (χ1v) is 13.4. The predicted molar refractivity (Wildman–Crippen MR) is 159 cm³/mol. The molecular weight excluding hydrogens is 514 g/mol. The molecule has 0 aromatic heterocycles. The topological polar surface area (TPSA) is 87.7 Å². The molecule has 0 bridgehead atoms. The molecule has 210 valence electrons. The number of hydrogen-bond acceptors (Lipinski definition) is 4. The standard InChI is InChI=1S/C31H40ClN3O4/c1-9-18-35(29(37)26(20(4)10-2)34-30(38)39-31(6,7)8)27(23-16-13-15-22(11-3)19-23)28(36)33-25-21(5)14-12-17-24(25)32/h9,11-17,19-20,26-27H,1,3,10,18H2,2,4-8H3,(H,33,36)(H,34,38). The van der Waals surface area contributed by atoms with Gasteiger partial charge in [0.2, 0.25) is 5.91 Å². The third kappa shape index (κ3) is 8.72. The Morgan fingerprint density at radius 1 is 1.13 bits per heavy atom. The van der Waals surface area contributed by atoms with E-state index in [1.54, 1.807) is 63.3 Å². The predicted octanol–water partition coefficient (Wildman–Crippen LogP) is 6.93. The number of rotatable bonds is 11. The summed E-state index contributed by atoms with van der Waals surface area (Å²) in [4.78, 5) is 42.3. The number of para-hydroxylation sites is 1. The SMILES string of the molecule is C=CCN(C(=O)C(NC(=O)OC(C)(C)C)C(C)CC)C(C(=O)Nc1c(C)cccc1Cl)c1cccc(C=C)c1. The minimum absolute atomic E-state index is 0.0552. The van der Waals surface area contributed by atoms with Crippen molar-refractivity contribution in [1.29, 1.82) is 0 Å². The number of hydrogen-bond donors (Lipinski definition) is 2. The fourth-order valence-electron chi connectivity index (χ4n) is 4.07. The van der Waals surface area contributed by atoms with Crippen molar-refractivity contribution in [2.45, 2.75) is 65.6 Å². The molecule has 0 radical (unpaired) electrons. The number of aryl methyl sites for hydroxylation is 1. The van der Waals surface area contributed by atoms with Crippen LogP contribution in [0.4, 0.5) is 10.5 Å². The minimum Gasteiger partial charge on any atom is -0.444 e. The second-order valence-electron chi connectivity index (χ2n) is 10.5. The Kier molecular flexibility index (Phi) is 11.3. The van der Waals surface area contributed by atoms with Crippen LogP contribution in [-0.2, 0) is 14.3 Å². The molecule has 2 N–H and O–H groups in total. The highest BCUT2D eigenvalue weighted by atomic mass is 35.5. The van der Waals surface area contributed by atoms with Gasteiger partial charge in [-0.05, 0) is 62.4 Å². The van der Waals surface area contributed by atoms with Crippen molar-refractivity contribution in [1.82, 2.24) is 10.2 Å². The van der Waals surface area contributed by atoms with E-state index in [0.717, 1.165) is 11.1 Å². The van der Waals surface area contributed by atoms with Crippen molar-refractivity contribution in [2.75, 3.05) is 11.9 Å². The van der Waals surface area contributed by atoms with Gasteiger partial charge in [-0.15, -0.1) is 6.58 Å². The number of amides is 3. The van der Waals surface area contributed by atoms with Crippen LogP contribution >= 0.6 is 11.6 Å². The molecule has 2 rings (SSSR count). The van der Waals surface area contributed by atoms with Gasteiger partial charge >= 0.3 is 6.09 Å². The number of nitrogens with one attached hydrogen (secondary N) is 2. The Hall–Kier alpha value is -3.58. The number of anilines is 1. The molecule has 0 fully saturated rings. The summed E-state index contributed by atoms with van der Waals surface area (Å²) in [6.45, 7) is 18.6. The highest BCUT2D eigenvalue weighted by molar-refractivity contribution is 6.34. The molecular formula is C31H40ClN3O4. The van der Waals surface area contributed by atoms with E-state index >= 15 is 0 Å². The first-order chi connectivity index (χ1) is 18.3. The number of carbonyl (C=O) groups excluding carboxylic acids is 3. The number of carbonyl (C=O) groups is 3. The van der Waals surface area contributed by atoms with E-state index in [1.807, 2.05) is 32.9 Å². The van der Waals surface area contributed by atoms with E-state index in [9.17, 15) is 14.4 Å². The van der Waals surface area contributed by atoms with Crippen LogP contribution < -0.4 is 10.6 Å². The maximum Gasteiger partial charge on any atom is 0.408 e. The molecule has 2 aromatic carbocycles. The van der Waals surface area contributed by atoms with Crippen LogP contribution in [0.3, 0.4) is 0 Å². The first kappa shape index (κ1) is 31.6. The maximum atomic E-state index is 14.2. The fraction of sp³-hybridized carbons (Fsp3) is 0.387. The van der Waals surface area contributed by atoms with E-state index in [1.165, 1.54) is 4.90 Å². The van der Waals surface area contributed by atoms with Gasteiger partial charge in [-0.3, -0.25) is 9.59 Å². The summed E-state index contributed by atoms with van der Waals surface area (Å²) in [5.74, 6) is -1.13. The van der Waals surface area contributed by atoms with Gasteiger partial charge < -0.3 is 20.3 Å². The second-order valence-corrected chi connectivity index (χ2v) is 10.9. The van der Waals surface area contributed by atoms with Crippen LogP contribution in [0.1, 0.15) is 63.8 Å². The molecule has 39 heavy (non-hydrogen) atoms. The normalized spacial score (nSPS) is 13.4. The number of benzene rings is 2. The van der Waals surface area contributed by atoms with Crippen LogP contribution in [0.5, 0.6) is 0 Å². The Balaban J connectivity index is 2.61. The van der Waals surface area contributed by atoms with E-state index in [0.29, 0.717) is 22.7 Å². The van der Waals surface area contributed by atoms with Crippen LogP contribution in [0.2, 0.25) is 5.02 Å². The quantitative estimate of drug-likeness (QED) is 0.295. The Morgan fingerprint density at radius 2 is 1.79 bits per heavy atom. The number of halogens is 1. The van der Waals surface area contributed by atoms with Gasteiger partial charge in [0.25, 0.3) is 5.91 Å². The third-order valence-corrected chi connectivity index (χ3v) is 6.57. The third-order valence-electron chi connectivity index (χ3n) is 6.25. The summed E-state index contributed by atoms with van der Waals surface area (Å²) in [6, 6.07) is 10.6. The van der Waals surface area contributed by atoms with Crippen molar-refractivity contribution in [2.24, 2.45) is 5.92 Å². The molecule has 0 saturated heterocycles. The molecule has 2 aromatic rings. The molecule has 0 saturated carbocycles. The van der Waals surface area contributed by atoms with Crippen LogP contribution in [-0.4, -0.2) is 41.0 Å². The van der Waals surface area contributed by atoms with Crippen molar-refractivity contribution in [3.63, 3.8) is 0 Å². The largest absolute Gasteiger partial charge is 0.444 e. The van der Waals surface area contributed by atoms with E-state index in [4.69, 9.17) is 16.3 Å². The smallest absolute Gasteiger partial charge is 0.408 e. The summed E-state index contributed by atoms with van der Waals surface area (Å²) >= 11 is 6.41. The van der Waals surface area contributed by atoms with Gasteiger partial charge in [0.05, 0.1) is 10.7 Å². The van der Waals surface area contributed by atoms with E-state index in [2.05, 4.69) is 23.8 Å². The van der Waals surface area contributed by atoms with Crippen LogP contribution in [0.15, 0.2) is 61.7 Å². The summed E-state index contributed by atoms with van der Waals surface area (Å²) < 4.78 is 5.43. The molecule has 0 spiro atoms. The zero-order valence-corrected chi connectivity index (χ0v) is 24.5. The molecule has 7 nitrogen and oxygen atoms in total. The average Bonchev–Trinajstić information content (AvgIpc) is 2.87. The summed E-state index contributed by atoms with van der Waals surface area (Å²) in [5.41, 5.74) is 1.86. The van der Waals surface area contributed by atoms with Crippen molar-refractivity contribution >= 4 is 41.3 Å². The van der Waals surface area contributed by atoms with Crippen molar-refractivity contribution < 1.29 is 19.1 Å². The molecule has 0 heterocycles. The van der Waals surface area contributed by atoms with Gasteiger partial charge in [-0.2, -0.15) is 0 Å².